The molecule has 3 heteroatoms. The predicted molar refractivity (Wildman–Crippen MR) is 205 cm³/mol. The lowest BCUT2D eigenvalue weighted by Gasteiger charge is -2.07. The van der Waals surface area contributed by atoms with E-state index in [1.54, 1.807) is 0 Å². The van der Waals surface area contributed by atoms with E-state index in [1.807, 2.05) is 0 Å². The maximum absolute atomic E-state index is 5.83. The topological polar surface area (TPSA) is 33.3 Å². The van der Waals surface area contributed by atoms with Crippen molar-refractivity contribution in [1.29, 1.82) is 0 Å². The Kier molecular flexibility index (Phi) is 43.8. The smallest absolute Gasteiger partial charge is 0.0478 e. The summed E-state index contributed by atoms with van der Waals surface area (Å²) in [4.78, 5) is 0. The van der Waals surface area contributed by atoms with Gasteiger partial charge in [0, 0.05) is 13.2 Å². The van der Waals surface area contributed by atoms with E-state index in [1.165, 1.54) is 219 Å². The van der Waals surface area contributed by atoms with Gasteiger partial charge < -0.3 is 15.4 Å². The van der Waals surface area contributed by atoms with Crippen LogP contribution < -0.4 is 10.6 Å². The molecule has 0 saturated heterocycles. The molecule has 0 aromatic heterocycles. The van der Waals surface area contributed by atoms with Crippen LogP contribution in [-0.2, 0) is 4.74 Å². The van der Waals surface area contributed by atoms with Gasteiger partial charge in [-0.25, -0.2) is 0 Å². The molecule has 0 fully saturated rings. The molecule has 0 saturated carbocycles. The van der Waals surface area contributed by atoms with Crippen LogP contribution in [0.3, 0.4) is 0 Å². The maximum atomic E-state index is 5.83. The minimum atomic E-state index is 0.908. The lowest BCUT2D eigenvalue weighted by Crippen LogP contribution is -2.19. The molecule has 2 N–H and O–H groups in total. The lowest BCUT2D eigenvalue weighted by molar-refractivity contribution is 0.129. The molecule has 0 bridgehead atoms. The normalized spacial score (nSPS) is 11.6. The zero-order chi connectivity index (χ0) is 32.4. The van der Waals surface area contributed by atoms with Gasteiger partial charge in [-0.15, -0.1) is 0 Å². The monoisotopic (exact) mass is 637 g/mol. The summed E-state index contributed by atoms with van der Waals surface area (Å²) in [7, 11) is 0. The Hall–Kier alpha value is -0.120. The largest absolute Gasteiger partial charge is 0.381 e. The lowest BCUT2D eigenvalue weighted by atomic mass is 10.0. The first-order valence-electron chi connectivity index (χ1n) is 21.4. The summed E-state index contributed by atoms with van der Waals surface area (Å²) < 4.78 is 5.83. The van der Waals surface area contributed by atoms with Crippen LogP contribution in [0.5, 0.6) is 0 Å². The molecular formula is C42H88N2O. The first-order valence-corrected chi connectivity index (χ1v) is 21.4. The number of rotatable bonds is 42. The number of hydrogen-bond acceptors (Lipinski definition) is 3. The molecule has 0 amide bonds. The summed E-state index contributed by atoms with van der Waals surface area (Å²) in [6.45, 7) is 11.0. The zero-order valence-corrected chi connectivity index (χ0v) is 31.7. The van der Waals surface area contributed by atoms with Crippen molar-refractivity contribution >= 4 is 0 Å². The standard InChI is InChI=1S/C42H88N2O/c1-3-5-7-9-11-13-15-17-19-21-23-25-27-29-31-33-37-43-39-35-41-45-42-36-40-44-38-34-32-30-28-26-24-22-20-18-16-14-12-10-8-6-4-2/h43-44H,3-42H2,1-2H3. The number of unbranched alkanes of at least 4 members (excludes halogenated alkanes) is 30. The maximum Gasteiger partial charge on any atom is 0.0478 e. The van der Waals surface area contributed by atoms with Gasteiger partial charge in [-0.2, -0.15) is 0 Å². The Labute approximate surface area is 286 Å². The van der Waals surface area contributed by atoms with Gasteiger partial charge in [-0.3, -0.25) is 0 Å². The van der Waals surface area contributed by atoms with E-state index in [4.69, 9.17) is 4.74 Å². The molecule has 0 radical (unpaired) electrons. The Morgan fingerprint density at radius 3 is 0.689 bits per heavy atom. The Morgan fingerprint density at radius 2 is 0.444 bits per heavy atom. The van der Waals surface area contributed by atoms with E-state index in [-0.39, 0.29) is 0 Å². The summed E-state index contributed by atoms with van der Waals surface area (Å²) in [5.41, 5.74) is 0. The van der Waals surface area contributed by atoms with Crippen LogP contribution in [0.4, 0.5) is 0 Å². The van der Waals surface area contributed by atoms with Crippen LogP contribution in [0, 0.1) is 0 Å². The van der Waals surface area contributed by atoms with Gasteiger partial charge in [0.15, 0.2) is 0 Å². The quantitative estimate of drug-likeness (QED) is 0.0654. The van der Waals surface area contributed by atoms with Gasteiger partial charge in [-0.1, -0.05) is 206 Å². The van der Waals surface area contributed by atoms with Crippen molar-refractivity contribution in [3.8, 4) is 0 Å². The SMILES string of the molecule is CCCCCCCCCCCCCCCCCCNCCCOCCCNCCCCCCCCCCCCCCCCCC. The van der Waals surface area contributed by atoms with Crippen LogP contribution in [0.2, 0.25) is 0 Å². The van der Waals surface area contributed by atoms with Crippen LogP contribution in [0.25, 0.3) is 0 Å². The second-order valence-electron chi connectivity index (χ2n) is 14.4. The zero-order valence-electron chi connectivity index (χ0n) is 31.7. The Morgan fingerprint density at radius 1 is 0.244 bits per heavy atom. The van der Waals surface area contributed by atoms with Gasteiger partial charge in [0.25, 0.3) is 0 Å². The summed E-state index contributed by atoms with van der Waals surface area (Å²) in [6.07, 6.45) is 48.5. The molecule has 272 valence electrons. The molecule has 0 aromatic carbocycles. The van der Waals surface area contributed by atoms with E-state index >= 15 is 0 Å². The van der Waals surface area contributed by atoms with E-state index in [2.05, 4.69) is 24.5 Å². The minimum Gasteiger partial charge on any atom is -0.381 e. The molecule has 0 atom stereocenters. The number of hydrogen-bond donors (Lipinski definition) is 2. The van der Waals surface area contributed by atoms with Crippen molar-refractivity contribution in [2.24, 2.45) is 0 Å². The van der Waals surface area contributed by atoms with Crippen molar-refractivity contribution in [2.45, 2.75) is 232 Å². The van der Waals surface area contributed by atoms with Crippen molar-refractivity contribution < 1.29 is 4.74 Å². The molecular weight excluding hydrogens is 548 g/mol. The van der Waals surface area contributed by atoms with Crippen molar-refractivity contribution in [2.75, 3.05) is 39.4 Å². The van der Waals surface area contributed by atoms with E-state index in [9.17, 15) is 0 Å². The molecule has 0 spiro atoms. The summed E-state index contributed by atoms with van der Waals surface area (Å²) in [5.74, 6) is 0. The highest BCUT2D eigenvalue weighted by atomic mass is 16.5. The van der Waals surface area contributed by atoms with Crippen molar-refractivity contribution in [3.63, 3.8) is 0 Å². The van der Waals surface area contributed by atoms with Crippen LogP contribution in [0.1, 0.15) is 232 Å². The van der Waals surface area contributed by atoms with Crippen LogP contribution in [0.15, 0.2) is 0 Å². The summed E-state index contributed by atoms with van der Waals surface area (Å²) >= 11 is 0. The van der Waals surface area contributed by atoms with E-state index in [0.717, 1.165) is 39.1 Å². The predicted octanol–water partition coefficient (Wildman–Crippen LogP) is 13.5. The highest BCUT2D eigenvalue weighted by molar-refractivity contribution is 4.54. The Bertz CT molecular complexity index is 443. The third kappa shape index (κ3) is 43.9. The molecule has 0 heterocycles. The van der Waals surface area contributed by atoms with E-state index < -0.39 is 0 Å². The van der Waals surface area contributed by atoms with Gasteiger partial charge >= 0.3 is 0 Å². The molecule has 0 aliphatic rings. The number of ether oxygens (including phenoxy) is 1. The Balaban J connectivity index is 3.03. The first kappa shape index (κ1) is 44.9. The minimum absolute atomic E-state index is 0.908. The summed E-state index contributed by atoms with van der Waals surface area (Å²) in [5, 5.41) is 7.22. The third-order valence-corrected chi connectivity index (χ3v) is 9.70. The van der Waals surface area contributed by atoms with Crippen LogP contribution >= 0.6 is 0 Å². The van der Waals surface area contributed by atoms with E-state index in [0.29, 0.717) is 0 Å². The average Bonchev–Trinajstić information content (AvgIpc) is 3.05. The second kappa shape index (κ2) is 43.9. The second-order valence-corrected chi connectivity index (χ2v) is 14.4. The highest BCUT2D eigenvalue weighted by Gasteiger charge is 1.97. The first-order chi connectivity index (χ1) is 22.4. The van der Waals surface area contributed by atoms with Crippen LogP contribution in [-0.4, -0.2) is 39.4 Å². The molecule has 3 nitrogen and oxygen atoms in total. The van der Waals surface area contributed by atoms with Crippen molar-refractivity contribution in [3.05, 3.63) is 0 Å². The molecule has 0 aliphatic carbocycles. The fourth-order valence-corrected chi connectivity index (χ4v) is 6.55. The highest BCUT2D eigenvalue weighted by Crippen LogP contribution is 2.15. The molecule has 0 rings (SSSR count). The summed E-state index contributed by atoms with van der Waals surface area (Å²) in [6, 6.07) is 0. The molecule has 0 unspecified atom stereocenters. The number of nitrogens with one attached hydrogen (secondary N) is 2. The third-order valence-electron chi connectivity index (χ3n) is 9.70. The fraction of sp³-hybridized carbons (Fsp3) is 1.00. The average molecular weight is 637 g/mol. The molecule has 45 heavy (non-hydrogen) atoms. The molecule has 0 aromatic rings. The van der Waals surface area contributed by atoms with Gasteiger partial charge in [-0.05, 0) is 51.9 Å². The van der Waals surface area contributed by atoms with Gasteiger partial charge in [0.1, 0.15) is 0 Å². The van der Waals surface area contributed by atoms with Gasteiger partial charge in [0.05, 0.1) is 0 Å². The van der Waals surface area contributed by atoms with Crippen molar-refractivity contribution in [1.82, 2.24) is 10.6 Å². The van der Waals surface area contributed by atoms with Gasteiger partial charge in [0.2, 0.25) is 0 Å². The fourth-order valence-electron chi connectivity index (χ4n) is 6.55. The molecule has 0 aliphatic heterocycles.